The first kappa shape index (κ1) is 22.0. The van der Waals surface area contributed by atoms with Gasteiger partial charge in [-0.05, 0) is 0 Å². The van der Waals surface area contributed by atoms with Crippen LogP contribution < -0.4 is 4.90 Å². The summed E-state index contributed by atoms with van der Waals surface area (Å²) in [7, 11) is 0. The number of fused-ring (bicyclic) bond motifs is 1. The second kappa shape index (κ2) is 9.13. The maximum absolute atomic E-state index is 11.6. The van der Waals surface area contributed by atoms with Gasteiger partial charge >= 0.3 is 196 Å². The SMILES string of the molecule is C[C@@H]1C[C@H](O)c2ncnc(N3CCN(C(c4ccc(Cl)c(Cl)c4)C([As])C=O)CC3)c21. The van der Waals surface area contributed by atoms with Gasteiger partial charge in [0.15, 0.2) is 0 Å². The van der Waals surface area contributed by atoms with Crippen LogP contribution in [0.5, 0.6) is 0 Å². The third kappa shape index (κ3) is 4.13. The Kier molecular flexibility index (Phi) is 6.71. The Balaban J connectivity index is 1.55. The molecule has 2 aliphatic rings. The van der Waals surface area contributed by atoms with Gasteiger partial charge in [0, 0.05) is 0 Å². The number of rotatable bonds is 5. The first-order valence-electron chi connectivity index (χ1n) is 10.0. The molecule has 0 amide bonds. The Morgan fingerprint density at radius 1 is 1.20 bits per heavy atom. The molecule has 0 saturated carbocycles. The van der Waals surface area contributed by atoms with Crippen molar-refractivity contribution in [3.05, 3.63) is 51.4 Å². The van der Waals surface area contributed by atoms with Crippen molar-refractivity contribution in [2.24, 2.45) is 0 Å². The number of benzene rings is 1. The number of halogens is 2. The predicted molar refractivity (Wildman–Crippen MR) is 119 cm³/mol. The van der Waals surface area contributed by atoms with E-state index in [4.69, 9.17) is 23.2 Å². The van der Waals surface area contributed by atoms with Gasteiger partial charge in [-0.3, -0.25) is 0 Å². The molecular formula is C21H23AsCl2N4O2. The Hall–Kier alpha value is -1.17. The van der Waals surface area contributed by atoms with Crippen molar-refractivity contribution in [3.8, 4) is 0 Å². The van der Waals surface area contributed by atoms with E-state index in [0.29, 0.717) is 16.5 Å². The van der Waals surface area contributed by atoms with Crippen molar-refractivity contribution < 1.29 is 9.90 Å². The summed E-state index contributed by atoms with van der Waals surface area (Å²) in [5.74, 6) is 1.16. The number of carbonyl (C=O) groups excluding carboxylic acids is 1. The predicted octanol–water partition coefficient (Wildman–Crippen LogP) is 3.34. The summed E-state index contributed by atoms with van der Waals surface area (Å²) >= 11 is 14.8. The summed E-state index contributed by atoms with van der Waals surface area (Å²) in [6.45, 7) is 5.24. The summed E-state index contributed by atoms with van der Waals surface area (Å²) in [5.41, 5.74) is 2.81. The molecule has 2 heterocycles. The molecule has 1 aliphatic heterocycles. The molecule has 30 heavy (non-hydrogen) atoms. The van der Waals surface area contributed by atoms with Gasteiger partial charge in [0.1, 0.15) is 0 Å². The van der Waals surface area contributed by atoms with Crippen LogP contribution in [0.2, 0.25) is 14.8 Å². The number of aldehydes is 1. The molecule has 2 radical (unpaired) electrons. The molecule has 158 valence electrons. The number of anilines is 1. The van der Waals surface area contributed by atoms with E-state index in [1.165, 1.54) is 0 Å². The standard InChI is InChI=1S/C21H23AsCl2N4O2/c1-12-8-17(30)19-18(12)21(26-11-25-19)28-6-4-27(5-7-28)20(14(22)10-29)13-2-3-15(23)16(24)9-13/h2-3,9-12,14,17,20,30H,4-8H2,1H3/t12-,14?,17+,20?/m1/s1. The number of piperazine rings is 1. The van der Waals surface area contributed by atoms with Crippen LogP contribution in [0, 0.1) is 0 Å². The van der Waals surface area contributed by atoms with Crippen molar-refractivity contribution >= 4 is 52.2 Å². The van der Waals surface area contributed by atoms with E-state index in [1.54, 1.807) is 12.4 Å². The van der Waals surface area contributed by atoms with Crippen LogP contribution in [-0.2, 0) is 4.79 Å². The zero-order valence-corrected chi connectivity index (χ0v) is 20.0. The Morgan fingerprint density at radius 2 is 1.93 bits per heavy atom. The molecule has 6 nitrogen and oxygen atoms in total. The molecule has 9 heteroatoms. The van der Waals surface area contributed by atoms with Crippen molar-refractivity contribution in [3.63, 3.8) is 0 Å². The van der Waals surface area contributed by atoms with Gasteiger partial charge in [-0.2, -0.15) is 0 Å². The fraction of sp³-hybridized carbons (Fsp3) is 0.476. The third-order valence-corrected chi connectivity index (χ3v) is 7.62. The number of aromatic nitrogens is 2. The average Bonchev–Trinajstić information content (AvgIpc) is 3.05. The molecule has 1 aromatic heterocycles. The summed E-state index contributed by atoms with van der Waals surface area (Å²) < 4.78 is -0.236. The van der Waals surface area contributed by atoms with Crippen LogP contribution in [0.1, 0.15) is 48.2 Å². The van der Waals surface area contributed by atoms with E-state index in [0.717, 1.165) is 55.1 Å². The number of carbonyl (C=O) groups is 1. The van der Waals surface area contributed by atoms with Crippen molar-refractivity contribution in [2.45, 2.75) is 36.1 Å². The summed E-state index contributed by atoms with van der Waals surface area (Å²) in [6.07, 6.45) is 2.70. The van der Waals surface area contributed by atoms with E-state index in [2.05, 4.69) is 43.5 Å². The Labute approximate surface area is 195 Å². The van der Waals surface area contributed by atoms with E-state index >= 15 is 0 Å². The normalized spacial score (nSPS) is 23.8. The number of aliphatic hydroxyl groups excluding tert-OH is 1. The van der Waals surface area contributed by atoms with Crippen molar-refractivity contribution in [1.82, 2.24) is 14.9 Å². The number of hydrogen-bond donors (Lipinski definition) is 1. The van der Waals surface area contributed by atoms with Crippen LogP contribution in [0.25, 0.3) is 0 Å². The molecule has 4 atom stereocenters. The third-order valence-electron chi connectivity index (χ3n) is 6.03. The molecule has 2 aromatic rings. The van der Waals surface area contributed by atoms with Crippen LogP contribution in [0.4, 0.5) is 5.82 Å². The fourth-order valence-corrected chi connectivity index (χ4v) is 5.62. The van der Waals surface area contributed by atoms with Gasteiger partial charge in [-0.25, -0.2) is 0 Å². The van der Waals surface area contributed by atoms with Crippen LogP contribution in [-0.4, -0.2) is 69.3 Å². The monoisotopic (exact) mass is 508 g/mol. The van der Waals surface area contributed by atoms with Crippen LogP contribution >= 0.6 is 23.2 Å². The average molecular weight is 509 g/mol. The zero-order chi connectivity index (χ0) is 21.4. The molecule has 1 saturated heterocycles. The van der Waals surface area contributed by atoms with Crippen LogP contribution in [0.3, 0.4) is 0 Å². The van der Waals surface area contributed by atoms with Gasteiger partial charge in [0.25, 0.3) is 0 Å². The van der Waals surface area contributed by atoms with Gasteiger partial charge in [0.05, 0.1) is 0 Å². The molecule has 1 N–H and O–H groups in total. The molecule has 1 fully saturated rings. The summed E-state index contributed by atoms with van der Waals surface area (Å²) in [4.78, 5) is 25.1. The molecule has 1 aliphatic carbocycles. The second-order valence-electron chi connectivity index (χ2n) is 7.92. The maximum atomic E-state index is 11.6. The molecule has 1 aromatic carbocycles. The molecule has 0 bridgehead atoms. The number of aliphatic hydroxyl groups is 1. The second-order valence-corrected chi connectivity index (χ2v) is 9.98. The van der Waals surface area contributed by atoms with Gasteiger partial charge in [-0.15, -0.1) is 0 Å². The summed E-state index contributed by atoms with van der Waals surface area (Å²) in [5, 5.41) is 11.3. The number of nitrogens with zero attached hydrogens (tertiary/aromatic N) is 4. The Bertz CT molecular complexity index is 939. The first-order valence-corrected chi connectivity index (χ1v) is 11.8. The molecule has 0 spiro atoms. The van der Waals surface area contributed by atoms with E-state index in [1.807, 2.05) is 12.1 Å². The van der Waals surface area contributed by atoms with E-state index < -0.39 is 6.10 Å². The Morgan fingerprint density at radius 3 is 2.60 bits per heavy atom. The van der Waals surface area contributed by atoms with Crippen molar-refractivity contribution in [1.29, 1.82) is 0 Å². The summed E-state index contributed by atoms with van der Waals surface area (Å²) in [6, 6.07) is 5.49. The van der Waals surface area contributed by atoms with Gasteiger partial charge < -0.3 is 0 Å². The van der Waals surface area contributed by atoms with Gasteiger partial charge in [-0.1, -0.05) is 0 Å². The minimum atomic E-state index is -0.511. The minimum absolute atomic E-state index is 0.0868. The molecule has 2 unspecified atom stereocenters. The van der Waals surface area contributed by atoms with E-state index in [9.17, 15) is 9.90 Å². The topological polar surface area (TPSA) is 69.6 Å². The fourth-order valence-electron chi connectivity index (χ4n) is 4.56. The number of hydrogen-bond acceptors (Lipinski definition) is 6. The molecular weight excluding hydrogens is 486 g/mol. The van der Waals surface area contributed by atoms with Crippen LogP contribution in [0.15, 0.2) is 24.5 Å². The molecule has 4 rings (SSSR count). The first-order chi connectivity index (χ1) is 14.4. The quantitative estimate of drug-likeness (QED) is 0.493. The van der Waals surface area contributed by atoms with Gasteiger partial charge in [0.2, 0.25) is 0 Å². The van der Waals surface area contributed by atoms with Crippen molar-refractivity contribution in [2.75, 3.05) is 31.1 Å². The van der Waals surface area contributed by atoms with E-state index in [-0.39, 0.29) is 16.7 Å². The zero-order valence-electron chi connectivity index (χ0n) is 16.6.